The van der Waals surface area contributed by atoms with Crippen LogP contribution in [-0.4, -0.2) is 43.5 Å². The number of carbonyl (C=O) groups is 2. The number of rotatable bonds is 7. The first-order chi connectivity index (χ1) is 7.41. The van der Waals surface area contributed by atoms with E-state index in [1.807, 2.05) is 5.32 Å². The van der Waals surface area contributed by atoms with Gasteiger partial charge >= 0.3 is 0 Å². The van der Waals surface area contributed by atoms with Gasteiger partial charge in [0.25, 0.3) is 0 Å². The smallest absolute Gasteiger partial charge is 0.227 e. The average Bonchev–Trinajstić information content (AvgIpc) is 2.15. The molecule has 1 N–H and O–H groups in total. The van der Waals surface area contributed by atoms with Gasteiger partial charge in [-0.3, -0.25) is 14.9 Å². The Labute approximate surface area is 104 Å². The summed E-state index contributed by atoms with van der Waals surface area (Å²) in [6.45, 7) is 0. The number of nitrogens with one attached hydrogen (secondary N) is 1. The van der Waals surface area contributed by atoms with Gasteiger partial charge in [0.2, 0.25) is 11.8 Å². The van der Waals surface area contributed by atoms with Crippen molar-refractivity contribution in [2.24, 2.45) is 0 Å². The van der Waals surface area contributed by atoms with Crippen LogP contribution in [0.5, 0.6) is 0 Å². The molecule has 16 heavy (non-hydrogen) atoms. The zero-order valence-corrected chi connectivity index (χ0v) is 10.9. The van der Waals surface area contributed by atoms with Gasteiger partial charge in [-0.25, -0.2) is 8.42 Å². The largest absolute Gasteiger partial charge is 0.296 e. The molecule has 0 radical (unpaired) electrons. The van der Waals surface area contributed by atoms with Crippen LogP contribution in [-0.2, 0) is 19.4 Å². The number of sulfone groups is 1. The zero-order valence-electron chi connectivity index (χ0n) is 8.54. The van der Waals surface area contributed by atoms with Gasteiger partial charge in [-0.05, 0) is 0 Å². The van der Waals surface area contributed by atoms with E-state index < -0.39 is 21.7 Å². The van der Waals surface area contributed by atoms with Crippen LogP contribution in [0.4, 0.5) is 0 Å². The van der Waals surface area contributed by atoms with Crippen LogP contribution in [0.2, 0.25) is 0 Å². The summed E-state index contributed by atoms with van der Waals surface area (Å²) in [7, 11) is -3.30. The summed E-state index contributed by atoms with van der Waals surface area (Å²) in [5.41, 5.74) is 0. The van der Waals surface area contributed by atoms with Crippen LogP contribution in [0.25, 0.3) is 0 Å². The molecule has 0 heterocycles. The van der Waals surface area contributed by atoms with Crippen molar-refractivity contribution in [1.29, 1.82) is 0 Å². The summed E-state index contributed by atoms with van der Waals surface area (Å²) in [6, 6.07) is 0. The van der Waals surface area contributed by atoms with E-state index in [-0.39, 0.29) is 36.1 Å². The first-order valence-corrected chi connectivity index (χ1v) is 7.45. The fourth-order valence-electron chi connectivity index (χ4n) is 0.834. The topological polar surface area (TPSA) is 80.3 Å². The Morgan fingerprint density at radius 3 is 2.00 bits per heavy atom. The number of imide groups is 1. The predicted octanol–water partition coefficient (Wildman–Crippen LogP) is 0.302. The summed E-state index contributed by atoms with van der Waals surface area (Å²) in [4.78, 5) is 22.0. The maximum atomic E-state index is 11.2. The highest BCUT2D eigenvalue weighted by Crippen LogP contribution is 1.96. The quantitative estimate of drug-likeness (QED) is 0.684. The van der Waals surface area contributed by atoms with E-state index in [4.69, 9.17) is 23.2 Å². The van der Waals surface area contributed by atoms with Gasteiger partial charge in [0.1, 0.15) is 0 Å². The molecule has 94 valence electrons. The molecule has 0 rings (SSSR count). The average molecular weight is 290 g/mol. The van der Waals surface area contributed by atoms with E-state index in [9.17, 15) is 18.0 Å². The van der Waals surface area contributed by atoms with E-state index >= 15 is 0 Å². The van der Waals surface area contributed by atoms with E-state index in [2.05, 4.69) is 0 Å². The van der Waals surface area contributed by atoms with Crippen LogP contribution in [0.3, 0.4) is 0 Å². The van der Waals surface area contributed by atoms with Crippen LogP contribution >= 0.6 is 23.2 Å². The Kier molecular flexibility index (Phi) is 7.70. The highest BCUT2D eigenvalue weighted by molar-refractivity contribution is 7.91. The molecule has 0 fully saturated rings. The van der Waals surface area contributed by atoms with Crippen molar-refractivity contribution in [1.82, 2.24) is 5.32 Å². The van der Waals surface area contributed by atoms with Crippen molar-refractivity contribution in [3.63, 3.8) is 0 Å². The molecule has 0 unspecified atom stereocenters. The van der Waals surface area contributed by atoms with Gasteiger partial charge in [0.15, 0.2) is 9.84 Å². The summed E-state index contributed by atoms with van der Waals surface area (Å²) >= 11 is 10.6. The molecular weight excluding hydrogens is 277 g/mol. The van der Waals surface area contributed by atoms with Gasteiger partial charge in [-0.15, -0.1) is 23.2 Å². The lowest BCUT2D eigenvalue weighted by Crippen LogP contribution is -2.32. The first-order valence-electron chi connectivity index (χ1n) is 4.56. The Morgan fingerprint density at radius 2 is 1.50 bits per heavy atom. The molecule has 0 aliphatic heterocycles. The monoisotopic (exact) mass is 289 g/mol. The molecule has 8 heteroatoms. The lowest BCUT2D eigenvalue weighted by molar-refractivity contribution is -0.129. The molecule has 0 saturated carbocycles. The highest BCUT2D eigenvalue weighted by Gasteiger charge is 2.14. The molecule has 0 bridgehead atoms. The fourth-order valence-corrected chi connectivity index (χ4v) is 2.65. The summed E-state index contributed by atoms with van der Waals surface area (Å²) in [5, 5.41) is 2.04. The SMILES string of the molecule is O=C(CCCl)NC(=O)CCS(=O)(=O)CCCl. The van der Waals surface area contributed by atoms with Crippen molar-refractivity contribution < 1.29 is 18.0 Å². The first kappa shape index (κ1) is 15.7. The normalized spacial score (nSPS) is 11.1. The van der Waals surface area contributed by atoms with Gasteiger partial charge in [0, 0.05) is 24.6 Å². The second-order valence-electron chi connectivity index (χ2n) is 3.00. The molecule has 0 spiro atoms. The lowest BCUT2D eigenvalue weighted by atomic mass is 10.4. The number of hydrogen-bond donors (Lipinski definition) is 1. The second kappa shape index (κ2) is 7.86. The molecule has 0 atom stereocenters. The van der Waals surface area contributed by atoms with Crippen molar-refractivity contribution in [3.05, 3.63) is 0 Å². The third kappa shape index (κ3) is 7.90. The molecule has 2 amide bonds. The number of halogens is 2. The van der Waals surface area contributed by atoms with Crippen LogP contribution in [0, 0.1) is 0 Å². The highest BCUT2D eigenvalue weighted by atomic mass is 35.5. The van der Waals surface area contributed by atoms with E-state index in [1.54, 1.807) is 0 Å². The van der Waals surface area contributed by atoms with Crippen LogP contribution in [0.15, 0.2) is 0 Å². The van der Waals surface area contributed by atoms with Crippen molar-refractivity contribution in [2.75, 3.05) is 23.3 Å². The predicted molar refractivity (Wildman–Crippen MR) is 62.5 cm³/mol. The molecular formula is C8H13Cl2NO4S. The summed E-state index contributed by atoms with van der Waals surface area (Å²) in [6.07, 6.45) is -0.213. The maximum Gasteiger partial charge on any atom is 0.227 e. The Morgan fingerprint density at radius 1 is 0.938 bits per heavy atom. The van der Waals surface area contributed by atoms with Gasteiger partial charge in [-0.2, -0.15) is 0 Å². The van der Waals surface area contributed by atoms with E-state index in [0.717, 1.165) is 0 Å². The Bertz CT molecular complexity index is 342. The van der Waals surface area contributed by atoms with Crippen LogP contribution in [0.1, 0.15) is 12.8 Å². The zero-order chi connectivity index (χ0) is 12.6. The number of carbonyl (C=O) groups excluding carboxylic acids is 2. The minimum Gasteiger partial charge on any atom is -0.296 e. The van der Waals surface area contributed by atoms with Crippen molar-refractivity contribution in [2.45, 2.75) is 12.8 Å². The molecule has 0 aromatic carbocycles. The fraction of sp³-hybridized carbons (Fsp3) is 0.750. The van der Waals surface area contributed by atoms with Crippen molar-refractivity contribution in [3.8, 4) is 0 Å². The summed E-state index contributed by atoms with van der Waals surface area (Å²) in [5.74, 6) is -1.49. The molecule has 0 aromatic heterocycles. The second-order valence-corrected chi connectivity index (χ2v) is 6.06. The van der Waals surface area contributed by atoms with E-state index in [0.29, 0.717) is 0 Å². The van der Waals surface area contributed by atoms with Crippen molar-refractivity contribution >= 4 is 44.9 Å². The molecule has 0 aliphatic rings. The minimum atomic E-state index is -3.30. The molecule has 0 saturated heterocycles. The minimum absolute atomic E-state index is 0.00483. The molecule has 0 aromatic rings. The maximum absolute atomic E-state index is 11.2. The third-order valence-corrected chi connectivity index (χ3v) is 3.88. The molecule has 5 nitrogen and oxygen atoms in total. The van der Waals surface area contributed by atoms with Gasteiger partial charge < -0.3 is 0 Å². The lowest BCUT2D eigenvalue weighted by Gasteiger charge is -2.03. The number of alkyl halides is 2. The Hall–Kier alpha value is -0.330. The Balaban J connectivity index is 3.94. The summed E-state index contributed by atoms with van der Waals surface area (Å²) < 4.78 is 22.4. The molecule has 0 aliphatic carbocycles. The van der Waals surface area contributed by atoms with E-state index in [1.165, 1.54) is 0 Å². The third-order valence-electron chi connectivity index (χ3n) is 1.63. The van der Waals surface area contributed by atoms with Gasteiger partial charge in [-0.1, -0.05) is 0 Å². The van der Waals surface area contributed by atoms with Gasteiger partial charge in [0.05, 0.1) is 11.5 Å². The number of amides is 2. The standard InChI is InChI=1S/C8H13Cl2NO4S/c9-3-1-7(12)11-8(13)2-5-16(14,15)6-4-10/h1-6H2,(H,11,12,13). The number of hydrogen-bond acceptors (Lipinski definition) is 4. The van der Waals surface area contributed by atoms with Crippen LogP contribution < -0.4 is 5.32 Å².